The van der Waals surface area contributed by atoms with Crippen LogP contribution in [0.4, 0.5) is 0 Å². The van der Waals surface area contributed by atoms with Crippen LogP contribution in [0.3, 0.4) is 0 Å². The van der Waals surface area contributed by atoms with Crippen LogP contribution in [0.5, 0.6) is 0 Å². The molecule has 2 atom stereocenters. The Morgan fingerprint density at radius 1 is 1.60 bits per heavy atom. The highest BCUT2D eigenvalue weighted by Gasteiger charge is 2.25. The van der Waals surface area contributed by atoms with Crippen molar-refractivity contribution in [2.75, 3.05) is 26.7 Å². The summed E-state index contributed by atoms with van der Waals surface area (Å²) in [4.78, 5) is 2.16. The summed E-state index contributed by atoms with van der Waals surface area (Å²) in [7, 11) is -1.35. The van der Waals surface area contributed by atoms with Gasteiger partial charge in [-0.3, -0.25) is 0 Å². The van der Waals surface area contributed by atoms with Crippen LogP contribution in [0.1, 0.15) is 19.8 Å². The maximum Gasteiger partial charge on any atom is 0.216 e. The first-order valence-corrected chi connectivity index (χ1v) is 6.81. The molecule has 5 nitrogen and oxygen atoms in total. The molecule has 1 saturated heterocycles. The zero-order valence-electron chi connectivity index (χ0n) is 9.31. The number of likely N-dealkylation sites (tertiary alicyclic amines) is 1. The fourth-order valence-electron chi connectivity index (χ4n) is 1.69. The number of nitrogens with zero attached hydrogens (tertiary/aromatic N) is 1. The quantitative estimate of drug-likeness (QED) is 0.667. The number of rotatable bonds is 5. The molecule has 1 aliphatic heterocycles. The van der Waals surface area contributed by atoms with Gasteiger partial charge >= 0.3 is 0 Å². The molecule has 0 radical (unpaired) electrons. The van der Waals surface area contributed by atoms with Crippen molar-refractivity contribution < 1.29 is 13.5 Å². The van der Waals surface area contributed by atoms with E-state index in [-0.39, 0.29) is 6.61 Å². The highest BCUT2D eigenvalue weighted by molar-refractivity contribution is 7.90. The second kappa shape index (κ2) is 5.25. The van der Waals surface area contributed by atoms with Crippen molar-refractivity contribution in [3.63, 3.8) is 0 Å². The molecule has 6 heteroatoms. The van der Waals surface area contributed by atoms with Crippen molar-refractivity contribution in [3.05, 3.63) is 0 Å². The fourth-order valence-corrected chi connectivity index (χ4v) is 2.60. The maximum absolute atomic E-state index is 11.5. The molecule has 0 aromatic heterocycles. The minimum Gasteiger partial charge on any atom is -0.395 e. The van der Waals surface area contributed by atoms with Crippen LogP contribution in [0, 0.1) is 0 Å². The third-order valence-electron chi connectivity index (χ3n) is 2.98. The maximum atomic E-state index is 11.5. The second-order valence-electron chi connectivity index (χ2n) is 4.16. The minimum absolute atomic E-state index is 0.297. The smallest absolute Gasteiger partial charge is 0.216 e. The SMILES string of the molecule is CC(CO)S(=O)(=O)NCC1CCCN1C. The molecule has 1 aliphatic rings. The number of aliphatic hydroxyl groups is 1. The van der Waals surface area contributed by atoms with Crippen molar-refractivity contribution in [2.24, 2.45) is 0 Å². The Hall–Kier alpha value is -0.170. The van der Waals surface area contributed by atoms with Gasteiger partial charge in [-0.1, -0.05) is 0 Å². The number of nitrogens with one attached hydrogen (secondary N) is 1. The third kappa shape index (κ3) is 3.41. The molecule has 15 heavy (non-hydrogen) atoms. The molecule has 1 heterocycles. The summed E-state index contributed by atoms with van der Waals surface area (Å²) >= 11 is 0. The van der Waals surface area contributed by atoms with Gasteiger partial charge in [0.2, 0.25) is 10.0 Å². The van der Waals surface area contributed by atoms with Gasteiger partial charge in [-0.2, -0.15) is 0 Å². The normalized spacial score (nSPS) is 25.7. The van der Waals surface area contributed by atoms with E-state index in [1.54, 1.807) is 0 Å². The Labute approximate surface area is 91.5 Å². The number of aliphatic hydroxyl groups excluding tert-OH is 1. The lowest BCUT2D eigenvalue weighted by atomic mass is 10.2. The van der Waals surface area contributed by atoms with Crippen molar-refractivity contribution in [1.82, 2.24) is 9.62 Å². The van der Waals surface area contributed by atoms with Crippen molar-refractivity contribution in [3.8, 4) is 0 Å². The zero-order valence-corrected chi connectivity index (χ0v) is 10.1. The van der Waals surface area contributed by atoms with E-state index in [1.165, 1.54) is 6.92 Å². The van der Waals surface area contributed by atoms with Crippen molar-refractivity contribution in [2.45, 2.75) is 31.1 Å². The predicted molar refractivity (Wildman–Crippen MR) is 59.1 cm³/mol. The lowest BCUT2D eigenvalue weighted by Gasteiger charge is -2.20. The molecule has 2 N–H and O–H groups in total. The van der Waals surface area contributed by atoms with Gasteiger partial charge in [-0.05, 0) is 33.4 Å². The van der Waals surface area contributed by atoms with E-state index < -0.39 is 15.3 Å². The summed E-state index contributed by atoms with van der Waals surface area (Å²) in [5.74, 6) is 0. The van der Waals surface area contributed by atoms with Crippen LogP contribution in [0.15, 0.2) is 0 Å². The van der Waals surface area contributed by atoms with Crippen LogP contribution in [-0.2, 0) is 10.0 Å². The molecule has 90 valence electrons. The van der Waals surface area contributed by atoms with Crippen LogP contribution in [0.2, 0.25) is 0 Å². The van der Waals surface area contributed by atoms with E-state index >= 15 is 0 Å². The molecule has 0 amide bonds. The largest absolute Gasteiger partial charge is 0.395 e. The van der Waals surface area contributed by atoms with Crippen molar-refractivity contribution in [1.29, 1.82) is 0 Å². The summed E-state index contributed by atoms with van der Waals surface area (Å²) in [6, 6.07) is 0.297. The first-order valence-electron chi connectivity index (χ1n) is 5.27. The summed E-state index contributed by atoms with van der Waals surface area (Å²) in [6.45, 7) is 2.64. The lowest BCUT2D eigenvalue weighted by Crippen LogP contribution is -2.42. The molecule has 2 unspecified atom stereocenters. The summed E-state index contributed by atoms with van der Waals surface area (Å²) in [6.07, 6.45) is 2.16. The third-order valence-corrected chi connectivity index (χ3v) is 4.76. The average Bonchev–Trinajstić information content (AvgIpc) is 2.60. The number of hydrogen-bond donors (Lipinski definition) is 2. The fraction of sp³-hybridized carbons (Fsp3) is 1.00. The Morgan fingerprint density at radius 2 is 2.27 bits per heavy atom. The van der Waals surface area contributed by atoms with Gasteiger partial charge in [-0.25, -0.2) is 13.1 Å². The molecule has 1 fully saturated rings. The second-order valence-corrected chi connectivity index (χ2v) is 6.35. The van der Waals surface area contributed by atoms with Gasteiger partial charge in [0.15, 0.2) is 0 Å². The minimum atomic E-state index is -3.35. The summed E-state index contributed by atoms with van der Waals surface area (Å²) in [5.41, 5.74) is 0. The first kappa shape index (κ1) is 12.9. The van der Waals surface area contributed by atoms with Crippen LogP contribution >= 0.6 is 0 Å². The van der Waals surface area contributed by atoms with Crippen LogP contribution < -0.4 is 4.72 Å². The molecular formula is C9H20N2O3S. The summed E-state index contributed by atoms with van der Waals surface area (Å²) < 4.78 is 25.6. The number of sulfonamides is 1. The van der Waals surface area contributed by atoms with E-state index in [4.69, 9.17) is 5.11 Å². The molecule has 0 bridgehead atoms. The molecule has 1 rings (SSSR count). The van der Waals surface area contributed by atoms with E-state index in [9.17, 15) is 8.42 Å². The Morgan fingerprint density at radius 3 is 2.73 bits per heavy atom. The average molecular weight is 236 g/mol. The Kier molecular flexibility index (Phi) is 4.51. The summed E-state index contributed by atoms with van der Waals surface area (Å²) in [5, 5.41) is 8.05. The monoisotopic (exact) mass is 236 g/mol. The first-order chi connectivity index (χ1) is 6.97. The lowest BCUT2D eigenvalue weighted by molar-refractivity contribution is 0.292. The Balaban J connectivity index is 2.42. The molecule has 0 aliphatic carbocycles. The molecule has 0 saturated carbocycles. The molecule has 0 spiro atoms. The van der Waals surface area contributed by atoms with E-state index in [1.807, 2.05) is 7.05 Å². The molecule has 0 aromatic rings. The number of hydrogen-bond acceptors (Lipinski definition) is 4. The highest BCUT2D eigenvalue weighted by Crippen LogP contribution is 2.14. The van der Waals surface area contributed by atoms with E-state index in [0.29, 0.717) is 12.6 Å². The highest BCUT2D eigenvalue weighted by atomic mass is 32.2. The van der Waals surface area contributed by atoms with Crippen LogP contribution in [0.25, 0.3) is 0 Å². The van der Waals surface area contributed by atoms with Gasteiger partial charge in [0.1, 0.15) is 0 Å². The Bertz CT molecular complexity index is 292. The standard InChI is InChI=1S/C9H20N2O3S/c1-8(7-12)15(13,14)10-6-9-4-3-5-11(9)2/h8-10,12H,3-7H2,1-2H3. The topological polar surface area (TPSA) is 69.6 Å². The van der Waals surface area contributed by atoms with E-state index in [0.717, 1.165) is 19.4 Å². The predicted octanol–water partition coefficient (Wildman–Crippen LogP) is -0.619. The van der Waals surface area contributed by atoms with Crippen LogP contribution in [-0.4, -0.2) is 56.5 Å². The van der Waals surface area contributed by atoms with Gasteiger partial charge in [0.25, 0.3) is 0 Å². The zero-order chi connectivity index (χ0) is 11.5. The number of likely N-dealkylation sites (N-methyl/N-ethyl adjacent to an activating group) is 1. The van der Waals surface area contributed by atoms with Gasteiger partial charge < -0.3 is 10.0 Å². The molecular weight excluding hydrogens is 216 g/mol. The van der Waals surface area contributed by atoms with Crippen molar-refractivity contribution >= 4 is 10.0 Å². The van der Waals surface area contributed by atoms with Gasteiger partial charge in [0, 0.05) is 12.6 Å². The molecule has 0 aromatic carbocycles. The van der Waals surface area contributed by atoms with Gasteiger partial charge in [0.05, 0.1) is 11.9 Å². The van der Waals surface area contributed by atoms with Gasteiger partial charge in [-0.15, -0.1) is 0 Å². The van der Waals surface area contributed by atoms with E-state index in [2.05, 4.69) is 9.62 Å².